The van der Waals surface area contributed by atoms with Crippen LogP contribution in [0.3, 0.4) is 0 Å². The van der Waals surface area contributed by atoms with Crippen molar-refractivity contribution in [1.82, 2.24) is 19.9 Å². The van der Waals surface area contributed by atoms with Gasteiger partial charge in [-0.15, -0.1) is 0 Å². The standard InChI is InChI=1S/C22H27N7O3/c1-21(2)22(3,4)32-15-9-10-17(26-18(15)29-21)27-20-24-12-23-19(28-20)25-13-7-8-14(30-5)16(11-13)31-6/h7-12H,1-6H3,(H3,23,24,25,26,27,28,29). The lowest BCUT2D eigenvalue weighted by atomic mass is 9.84. The third kappa shape index (κ3) is 4.16. The van der Waals surface area contributed by atoms with Gasteiger partial charge in [-0.05, 0) is 52.0 Å². The molecule has 3 heterocycles. The summed E-state index contributed by atoms with van der Waals surface area (Å²) < 4.78 is 16.7. The maximum absolute atomic E-state index is 6.14. The summed E-state index contributed by atoms with van der Waals surface area (Å²) >= 11 is 0. The van der Waals surface area contributed by atoms with E-state index in [1.54, 1.807) is 26.4 Å². The molecule has 10 nitrogen and oxygen atoms in total. The Balaban J connectivity index is 1.52. The smallest absolute Gasteiger partial charge is 0.233 e. The number of hydrogen-bond acceptors (Lipinski definition) is 10. The molecule has 4 rings (SSSR count). The Labute approximate surface area is 186 Å². The van der Waals surface area contributed by atoms with Crippen LogP contribution in [0.2, 0.25) is 0 Å². The molecule has 3 aromatic rings. The van der Waals surface area contributed by atoms with Gasteiger partial charge in [0.05, 0.1) is 19.8 Å². The molecule has 0 saturated heterocycles. The van der Waals surface area contributed by atoms with Crippen molar-refractivity contribution in [1.29, 1.82) is 0 Å². The number of nitrogens with zero attached hydrogens (tertiary/aromatic N) is 4. The van der Waals surface area contributed by atoms with Gasteiger partial charge in [-0.1, -0.05) is 0 Å². The molecule has 0 amide bonds. The number of anilines is 5. The van der Waals surface area contributed by atoms with Crippen molar-refractivity contribution < 1.29 is 14.2 Å². The molecule has 32 heavy (non-hydrogen) atoms. The topological polar surface area (TPSA) is 115 Å². The first-order valence-electron chi connectivity index (χ1n) is 10.1. The van der Waals surface area contributed by atoms with E-state index in [9.17, 15) is 0 Å². The number of methoxy groups -OCH3 is 2. The number of pyridine rings is 1. The fourth-order valence-corrected chi connectivity index (χ4v) is 3.11. The van der Waals surface area contributed by atoms with Gasteiger partial charge in [0, 0.05) is 11.8 Å². The minimum atomic E-state index is -0.379. The summed E-state index contributed by atoms with van der Waals surface area (Å²) in [4.78, 5) is 17.4. The molecule has 1 aliphatic rings. The zero-order chi connectivity index (χ0) is 22.9. The van der Waals surface area contributed by atoms with E-state index in [-0.39, 0.29) is 11.1 Å². The van der Waals surface area contributed by atoms with Crippen LogP contribution in [0.5, 0.6) is 17.2 Å². The highest BCUT2D eigenvalue weighted by Crippen LogP contribution is 2.40. The van der Waals surface area contributed by atoms with Crippen LogP contribution in [-0.2, 0) is 0 Å². The fourth-order valence-electron chi connectivity index (χ4n) is 3.11. The third-order valence-electron chi connectivity index (χ3n) is 5.61. The molecule has 1 aliphatic heterocycles. The Hall–Kier alpha value is -3.82. The van der Waals surface area contributed by atoms with E-state index in [2.05, 4.69) is 49.7 Å². The number of fused-ring (bicyclic) bond motifs is 1. The molecular formula is C22H27N7O3. The van der Waals surface area contributed by atoms with Crippen LogP contribution >= 0.6 is 0 Å². The largest absolute Gasteiger partial charge is 0.493 e. The molecule has 0 radical (unpaired) electrons. The minimum absolute atomic E-state index is 0.296. The first-order valence-corrected chi connectivity index (χ1v) is 10.1. The molecule has 168 valence electrons. The monoisotopic (exact) mass is 437 g/mol. The van der Waals surface area contributed by atoms with E-state index in [0.29, 0.717) is 40.8 Å². The number of hydrogen-bond donors (Lipinski definition) is 3. The van der Waals surface area contributed by atoms with Crippen molar-refractivity contribution in [2.75, 3.05) is 30.2 Å². The van der Waals surface area contributed by atoms with Gasteiger partial charge in [-0.2, -0.15) is 4.98 Å². The lowest BCUT2D eigenvalue weighted by Gasteiger charge is -2.46. The molecule has 1 aromatic carbocycles. The number of nitrogens with one attached hydrogen (secondary N) is 3. The molecule has 0 unspecified atom stereocenters. The van der Waals surface area contributed by atoms with Crippen molar-refractivity contribution in [3.05, 3.63) is 36.7 Å². The van der Waals surface area contributed by atoms with E-state index in [4.69, 9.17) is 14.2 Å². The fraction of sp³-hybridized carbons (Fsp3) is 0.364. The highest BCUT2D eigenvalue weighted by molar-refractivity contribution is 5.63. The summed E-state index contributed by atoms with van der Waals surface area (Å²) in [5, 5.41) is 9.70. The van der Waals surface area contributed by atoms with Gasteiger partial charge in [0.1, 0.15) is 17.7 Å². The van der Waals surface area contributed by atoms with Crippen molar-refractivity contribution in [3.63, 3.8) is 0 Å². The second-order valence-electron chi connectivity index (χ2n) is 8.36. The van der Waals surface area contributed by atoms with Crippen LogP contribution < -0.4 is 30.2 Å². The average Bonchev–Trinajstić information content (AvgIpc) is 2.74. The second kappa shape index (κ2) is 8.03. The molecule has 0 fully saturated rings. The van der Waals surface area contributed by atoms with E-state index in [0.717, 1.165) is 5.69 Å². The predicted molar refractivity (Wildman–Crippen MR) is 123 cm³/mol. The number of benzene rings is 1. The molecule has 0 saturated carbocycles. The van der Waals surface area contributed by atoms with Crippen LogP contribution in [-0.4, -0.2) is 45.3 Å². The van der Waals surface area contributed by atoms with Gasteiger partial charge in [0.2, 0.25) is 11.9 Å². The Morgan fingerprint density at radius 1 is 0.875 bits per heavy atom. The first kappa shape index (κ1) is 21.4. The summed E-state index contributed by atoms with van der Waals surface area (Å²) in [6.45, 7) is 8.26. The molecule has 0 bridgehead atoms. The highest BCUT2D eigenvalue weighted by Gasteiger charge is 2.43. The third-order valence-corrected chi connectivity index (χ3v) is 5.61. The number of ether oxygens (including phenoxy) is 3. The van der Waals surface area contributed by atoms with Gasteiger partial charge < -0.3 is 30.2 Å². The normalized spacial score (nSPS) is 15.6. The average molecular weight is 438 g/mol. The number of aromatic nitrogens is 4. The highest BCUT2D eigenvalue weighted by atomic mass is 16.5. The second-order valence-corrected chi connectivity index (χ2v) is 8.36. The summed E-state index contributed by atoms with van der Waals surface area (Å²) in [6.07, 6.45) is 1.42. The van der Waals surface area contributed by atoms with Crippen LogP contribution in [0.4, 0.5) is 29.2 Å². The molecule has 3 N–H and O–H groups in total. The molecular weight excluding hydrogens is 410 g/mol. The molecule has 0 spiro atoms. The lowest BCUT2D eigenvalue weighted by Crippen LogP contribution is -2.57. The van der Waals surface area contributed by atoms with Crippen molar-refractivity contribution in [2.24, 2.45) is 0 Å². The van der Waals surface area contributed by atoms with E-state index in [1.165, 1.54) is 6.33 Å². The Kier molecular flexibility index (Phi) is 5.37. The zero-order valence-electron chi connectivity index (χ0n) is 19.0. The van der Waals surface area contributed by atoms with E-state index < -0.39 is 0 Å². The van der Waals surface area contributed by atoms with Crippen LogP contribution in [0.15, 0.2) is 36.7 Å². The summed E-state index contributed by atoms with van der Waals surface area (Å²) in [5.41, 5.74) is 0.0723. The van der Waals surface area contributed by atoms with Crippen molar-refractivity contribution in [3.8, 4) is 17.2 Å². The Bertz CT molecular complexity index is 1130. The van der Waals surface area contributed by atoms with Crippen molar-refractivity contribution in [2.45, 2.75) is 38.8 Å². The van der Waals surface area contributed by atoms with E-state index in [1.807, 2.05) is 32.0 Å². The molecule has 10 heteroatoms. The Morgan fingerprint density at radius 2 is 1.59 bits per heavy atom. The van der Waals surface area contributed by atoms with Crippen molar-refractivity contribution >= 4 is 29.2 Å². The summed E-state index contributed by atoms with van der Waals surface area (Å²) in [7, 11) is 3.17. The van der Waals surface area contributed by atoms with Crippen LogP contribution in [0, 0.1) is 0 Å². The maximum Gasteiger partial charge on any atom is 0.233 e. The van der Waals surface area contributed by atoms with Gasteiger partial charge >= 0.3 is 0 Å². The molecule has 2 aromatic heterocycles. The quantitative estimate of drug-likeness (QED) is 0.520. The van der Waals surface area contributed by atoms with E-state index >= 15 is 0 Å². The van der Waals surface area contributed by atoms with Gasteiger partial charge in [-0.3, -0.25) is 0 Å². The zero-order valence-corrected chi connectivity index (χ0v) is 19.0. The first-order chi connectivity index (χ1) is 15.2. The Morgan fingerprint density at radius 3 is 2.31 bits per heavy atom. The van der Waals surface area contributed by atoms with Gasteiger partial charge in [0.25, 0.3) is 0 Å². The summed E-state index contributed by atoms with van der Waals surface area (Å²) in [6, 6.07) is 9.14. The molecule has 0 aliphatic carbocycles. The van der Waals surface area contributed by atoms with Gasteiger partial charge in [-0.25, -0.2) is 15.0 Å². The van der Waals surface area contributed by atoms with Gasteiger partial charge in [0.15, 0.2) is 23.1 Å². The van der Waals surface area contributed by atoms with Crippen LogP contribution in [0.25, 0.3) is 0 Å². The van der Waals surface area contributed by atoms with Crippen LogP contribution in [0.1, 0.15) is 27.7 Å². The minimum Gasteiger partial charge on any atom is -0.493 e. The maximum atomic E-state index is 6.14. The summed E-state index contributed by atoms with van der Waals surface area (Å²) in [5.74, 6) is 3.91. The molecule has 0 atom stereocenters. The number of rotatable bonds is 6. The predicted octanol–water partition coefficient (Wildman–Crippen LogP) is 4.13. The lowest BCUT2D eigenvalue weighted by molar-refractivity contribution is 0.0400. The SMILES string of the molecule is COc1ccc(Nc2ncnc(Nc3ccc4c(n3)NC(C)(C)C(C)(C)O4)n2)cc1OC.